The van der Waals surface area contributed by atoms with Gasteiger partial charge in [-0.3, -0.25) is 0 Å². The van der Waals surface area contributed by atoms with Gasteiger partial charge in [0.25, 0.3) is 0 Å². The van der Waals surface area contributed by atoms with Gasteiger partial charge in [-0.25, -0.2) is 5.01 Å². The van der Waals surface area contributed by atoms with Gasteiger partial charge in [0.05, 0.1) is 18.9 Å². The molecular formula is C20H21ClN2O2. The summed E-state index contributed by atoms with van der Waals surface area (Å²) in [6.45, 7) is 4.31. The van der Waals surface area contributed by atoms with Gasteiger partial charge in [-0.2, -0.15) is 5.10 Å². The number of methoxy groups -OCH3 is 1. The van der Waals surface area contributed by atoms with Crippen molar-refractivity contribution >= 4 is 17.3 Å². The highest BCUT2D eigenvalue weighted by Gasteiger charge is 2.41. The van der Waals surface area contributed by atoms with E-state index in [0.717, 1.165) is 39.8 Å². The van der Waals surface area contributed by atoms with Crippen molar-refractivity contribution < 1.29 is 9.47 Å². The van der Waals surface area contributed by atoms with Crippen LogP contribution in [0.4, 0.5) is 0 Å². The summed E-state index contributed by atoms with van der Waals surface area (Å²) in [5.41, 5.74) is 3.28. The van der Waals surface area contributed by atoms with Crippen molar-refractivity contribution in [3.63, 3.8) is 0 Å². The summed E-state index contributed by atoms with van der Waals surface area (Å²) in [5.74, 6) is 2.08. The first kappa shape index (κ1) is 16.3. The van der Waals surface area contributed by atoms with Gasteiger partial charge in [-0.15, -0.1) is 0 Å². The van der Waals surface area contributed by atoms with Crippen LogP contribution < -0.4 is 9.47 Å². The van der Waals surface area contributed by atoms with Crippen molar-refractivity contribution in [2.75, 3.05) is 7.11 Å². The normalized spacial score (nSPS) is 21.5. The van der Waals surface area contributed by atoms with E-state index in [0.29, 0.717) is 5.92 Å². The average molecular weight is 357 g/mol. The van der Waals surface area contributed by atoms with Crippen LogP contribution in [0.15, 0.2) is 47.6 Å². The number of fused-ring (bicyclic) bond motifs is 3. The van der Waals surface area contributed by atoms with Crippen LogP contribution in [0.1, 0.15) is 37.4 Å². The fourth-order valence-corrected chi connectivity index (χ4v) is 3.67. The summed E-state index contributed by atoms with van der Waals surface area (Å²) < 4.78 is 11.5. The van der Waals surface area contributed by atoms with Crippen molar-refractivity contribution in [2.24, 2.45) is 11.0 Å². The molecule has 0 aliphatic carbocycles. The van der Waals surface area contributed by atoms with Gasteiger partial charge in [0, 0.05) is 22.9 Å². The maximum absolute atomic E-state index is 6.23. The first-order valence-electron chi connectivity index (χ1n) is 8.53. The Morgan fingerprint density at radius 1 is 1.20 bits per heavy atom. The van der Waals surface area contributed by atoms with Gasteiger partial charge in [0.1, 0.15) is 11.5 Å². The fraction of sp³-hybridized carbons (Fsp3) is 0.350. The Morgan fingerprint density at radius 2 is 1.96 bits per heavy atom. The molecule has 0 spiro atoms. The van der Waals surface area contributed by atoms with E-state index in [2.05, 4.69) is 31.0 Å². The fourth-order valence-electron chi connectivity index (χ4n) is 3.48. The molecule has 0 saturated carbocycles. The molecule has 25 heavy (non-hydrogen) atoms. The van der Waals surface area contributed by atoms with Crippen LogP contribution in [-0.2, 0) is 0 Å². The molecule has 2 atom stereocenters. The Morgan fingerprint density at radius 3 is 2.64 bits per heavy atom. The largest absolute Gasteiger partial charge is 0.497 e. The molecule has 2 aromatic carbocycles. The Balaban J connectivity index is 1.72. The zero-order valence-electron chi connectivity index (χ0n) is 14.6. The second kappa shape index (κ2) is 6.26. The van der Waals surface area contributed by atoms with E-state index in [-0.39, 0.29) is 12.3 Å². The van der Waals surface area contributed by atoms with Crippen LogP contribution in [0.3, 0.4) is 0 Å². The standard InChI is InChI=1S/C20H21ClN2O2/c1-12(2)20-23-18(16-10-14(21)6-9-19(16)25-20)11-17(22-23)13-4-7-15(24-3)8-5-13/h4-10,12,18,20H,11H2,1-3H3/t18-,20+/m1/s1. The second-order valence-corrected chi connectivity index (χ2v) is 7.25. The van der Waals surface area contributed by atoms with E-state index in [4.69, 9.17) is 26.2 Å². The number of nitrogens with zero attached hydrogens (tertiary/aromatic N) is 2. The third-order valence-electron chi connectivity index (χ3n) is 4.78. The van der Waals surface area contributed by atoms with Crippen molar-refractivity contribution in [3.05, 3.63) is 58.6 Å². The summed E-state index contributed by atoms with van der Waals surface area (Å²) in [6.07, 6.45) is 0.765. The van der Waals surface area contributed by atoms with E-state index in [9.17, 15) is 0 Å². The monoisotopic (exact) mass is 356 g/mol. The molecule has 0 aromatic heterocycles. The quantitative estimate of drug-likeness (QED) is 0.786. The molecule has 0 bridgehead atoms. The predicted molar refractivity (Wildman–Crippen MR) is 99.4 cm³/mol. The summed E-state index contributed by atoms with van der Waals surface area (Å²) in [7, 11) is 1.67. The molecule has 0 unspecified atom stereocenters. The predicted octanol–water partition coefficient (Wildman–Crippen LogP) is 4.87. The van der Waals surface area contributed by atoms with Crippen LogP contribution in [0.5, 0.6) is 11.5 Å². The second-order valence-electron chi connectivity index (χ2n) is 6.81. The highest BCUT2D eigenvalue weighted by Crippen LogP contribution is 2.45. The number of hydrogen-bond acceptors (Lipinski definition) is 4. The van der Waals surface area contributed by atoms with Gasteiger partial charge in [-0.05, 0) is 48.0 Å². The number of rotatable bonds is 3. The lowest BCUT2D eigenvalue weighted by atomic mass is 9.95. The van der Waals surface area contributed by atoms with Gasteiger partial charge in [0.2, 0.25) is 0 Å². The number of hydrogen-bond donors (Lipinski definition) is 0. The Kier molecular flexibility index (Phi) is 4.08. The van der Waals surface area contributed by atoms with Gasteiger partial charge < -0.3 is 9.47 Å². The van der Waals surface area contributed by atoms with Gasteiger partial charge in [-0.1, -0.05) is 25.4 Å². The van der Waals surface area contributed by atoms with Crippen LogP contribution in [0.25, 0.3) is 0 Å². The third-order valence-corrected chi connectivity index (χ3v) is 5.01. The molecule has 4 nitrogen and oxygen atoms in total. The first-order chi connectivity index (χ1) is 12.1. The van der Waals surface area contributed by atoms with Crippen molar-refractivity contribution in [1.82, 2.24) is 5.01 Å². The minimum Gasteiger partial charge on any atom is -0.497 e. The molecular weight excluding hydrogens is 336 g/mol. The zero-order valence-corrected chi connectivity index (χ0v) is 15.3. The van der Waals surface area contributed by atoms with Gasteiger partial charge in [0.15, 0.2) is 6.23 Å². The summed E-state index contributed by atoms with van der Waals surface area (Å²) in [5, 5.41) is 7.73. The average Bonchev–Trinajstić information content (AvgIpc) is 3.06. The lowest BCUT2D eigenvalue weighted by Crippen LogP contribution is -2.43. The number of hydrazone groups is 1. The molecule has 0 radical (unpaired) electrons. The molecule has 5 heteroatoms. The molecule has 130 valence electrons. The first-order valence-corrected chi connectivity index (χ1v) is 8.91. The van der Waals surface area contributed by atoms with Crippen LogP contribution in [0, 0.1) is 5.92 Å². The topological polar surface area (TPSA) is 34.1 Å². The number of benzene rings is 2. The molecule has 0 amide bonds. The third kappa shape index (κ3) is 2.85. The summed E-state index contributed by atoms with van der Waals surface area (Å²) >= 11 is 6.23. The maximum atomic E-state index is 6.23. The van der Waals surface area contributed by atoms with E-state index in [1.165, 1.54) is 0 Å². The molecule has 2 aromatic rings. The summed E-state index contributed by atoms with van der Waals surface area (Å²) in [6, 6.07) is 14.1. The molecule has 2 aliphatic rings. The van der Waals surface area contributed by atoms with E-state index in [1.807, 2.05) is 30.3 Å². The highest BCUT2D eigenvalue weighted by atomic mass is 35.5. The maximum Gasteiger partial charge on any atom is 0.190 e. The number of halogens is 1. The van der Waals surface area contributed by atoms with Crippen molar-refractivity contribution in [1.29, 1.82) is 0 Å². The van der Waals surface area contributed by atoms with E-state index in [1.54, 1.807) is 7.11 Å². The number of ether oxygens (including phenoxy) is 2. The Bertz CT molecular complexity index is 817. The van der Waals surface area contributed by atoms with Crippen LogP contribution in [-0.4, -0.2) is 24.1 Å². The van der Waals surface area contributed by atoms with Gasteiger partial charge >= 0.3 is 0 Å². The Hall–Kier alpha value is -2.20. The Labute approximate surface area is 153 Å². The SMILES string of the molecule is COc1ccc(C2=NN3[C@H](C2)c2cc(Cl)ccc2O[C@H]3C(C)C)cc1. The minimum absolute atomic E-state index is 0.0746. The molecule has 0 saturated heterocycles. The molecule has 2 heterocycles. The molecule has 4 rings (SSSR count). The molecule has 0 N–H and O–H groups in total. The zero-order chi connectivity index (χ0) is 17.6. The van der Waals surface area contributed by atoms with E-state index < -0.39 is 0 Å². The summed E-state index contributed by atoms with van der Waals surface area (Å²) in [4.78, 5) is 0. The molecule has 2 aliphatic heterocycles. The highest BCUT2D eigenvalue weighted by molar-refractivity contribution is 6.30. The van der Waals surface area contributed by atoms with Crippen molar-refractivity contribution in [2.45, 2.75) is 32.5 Å². The lowest BCUT2D eigenvalue weighted by Gasteiger charge is -2.40. The smallest absolute Gasteiger partial charge is 0.190 e. The minimum atomic E-state index is -0.0746. The van der Waals surface area contributed by atoms with E-state index >= 15 is 0 Å². The van der Waals surface area contributed by atoms with Crippen LogP contribution in [0.2, 0.25) is 5.02 Å². The molecule has 0 fully saturated rings. The lowest BCUT2D eigenvalue weighted by molar-refractivity contribution is -0.0461. The van der Waals surface area contributed by atoms with Crippen LogP contribution >= 0.6 is 11.6 Å². The van der Waals surface area contributed by atoms with Crippen molar-refractivity contribution in [3.8, 4) is 11.5 Å².